The van der Waals surface area contributed by atoms with Gasteiger partial charge in [-0.3, -0.25) is 0 Å². The smallest absolute Gasteiger partial charge is 0.0823 e. The van der Waals surface area contributed by atoms with Crippen LogP contribution in [0.1, 0.15) is 0 Å². The van der Waals surface area contributed by atoms with Gasteiger partial charge in [-0.25, -0.2) is 0 Å². The zero-order valence-corrected chi connectivity index (χ0v) is 14.0. The highest BCUT2D eigenvalue weighted by Gasteiger charge is 2.10. The van der Waals surface area contributed by atoms with E-state index in [1.807, 2.05) is 36.4 Å². The minimum Gasteiger partial charge on any atom is -0.114 e. The molecule has 114 valence electrons. The van der Waals surface area contributed by atoms with Crippen molar-refractivity contribution in [1.29, 1.82) is 0 Å². The van der Waals surface area contributed by atoms with E-state index in [0.29, 0.717) is 16.2 Å². The first-order valence-corrected chi connectivity index (χ1v) is 7.79. The molecular formula is C24H11Cl. The topological polar surface area (TPSA) is 0 Å². The summed E-state index contributed by atoms with van der Waals surface area (Å²) < 4.78 is 0. The molecule has 0 saturated heterocycles. The summed E-state index contributed by atoms with van der Waals surface area (Å²) in [5.41, 5.74) is 0.927. The van der Waals surface area contributed by atoms with Crippen LogP contribution in [0.3, 0.4) is 0 Å². The van der Waals surface area contributed by atoms with Gasteiger partial charge in [0.2, 0.25) is 0 Å². The summed E-state index contributed by atoms with van der Waals surface area (Å²) in [6.45, 7) is 0. The van der Waals surface area contributed by atoms with Crippen molar-refractivity contribution >= 4 is 44.3 Å². The van der Waals surface area contributed by atoms with E-state index in [2.05, 4.69) is 23.7 Å². The van der Waals surface area contributed by atoms with Gasteiger partial charge in [0, 0.05) is 15.5 Å². The number of benzene rings is 3. The number of rotatable bonds is 0. The van der Waals surface area contributed by atoms with E-state index >= 15 is 0 Å². The van der Waals surface area contributed by atoms with E-state index in [9.17, 15) is 0 Å². The maximum absolute atomic E-state index is 6.23. The monoisotopic (exact) mass is 334 g/mol. The largest absolute Gasteiger partial charge is 0.114 e. The summed E-state index contributed by atoms with van der Waals surface area (Å²) in [7, 11) is 0. The molecule has 0 unspecified atom stereocenters. The van der Waals surface area contributed by atoms with E-state index < -0.39 is 0 Å². The lowest BCUT2D eigenvalue weighted by atomic mass is 9.93. The minimum atomic E-state index is 0.456. The van der Waals surface area contributed by atoms with Crippen molar-refractivity contribution in [3.63, 3.8) is 0 Å². The highest BCUT2D eigenvalue weighted by atomic mass is 35.5. The second-order valence-corrected chi connectivity index (χ2v) is 5.75. The first-order chi connectivity index (χ1) is 12.2. The maximum atomic E-state index is 6.23. The molecule has 0 amide bonds. The van der Waals surface area contributed by atoms with Crippen molar-refractivity contribution < 1.29 is 0 Å². The quantitative estimate of drug-likeness (QED) is 0.436. The van der Waals surface area contributed by atoms with Crippen LogP contribution >= 0.6 is 11.6 Å². The molecular weight excluding hydrogens is 324 g/mol. The normalized spacial score (nSPS) is 9.64. The van der Waals surface area contributed by atoms with E-state index in [-0.39, 0.29) is 0 Å². The first kappa shape index (κ1) is 16.3. The van der Waals surface area contributed by atoms with Crippen molar-refractivity contribution in [3.05, 3.63) is 57.9 Å². The lowest BCUT2D eigenvalue weighted by molar-refractivity contribution is 1.67. The molecule has 0 N–H and O–H groups in total. The van der Waals surface area contributed by atoms with Crippen molar-refractivity contribution in [3.8, 4) is 49.4 Å². The van der Waals surface area contributed by atoms with Crippen LogP contribution in [-0.2, 0) is 0 Å². The molecule has 0 aliphatic carbocycles. The van der Waals surface area contributed by atoms with Gasteiger partial charge in [-0.2, -0.15) is 0 Å². The fourth-order valence-electron chi connectivity index (χ4n) is 3.06. The molecule has 25 heavy (non-hydrogen) atoms. The van der Waals surface area contributed by atoms with Gasteiger partial charge in [0.05, 0.1) is 11.1 Å². The van der Waals surface area contributed by atoms with Crippen molar-refractivity contribution in [2.24, 2.45) is 0 Å². The van der Waals surface area contributed by atoms with Gasteiger partial charge in [-0.1, -0.05) is 65.6 Å². The van der Waals surface area contributed by atoms with Crippen LogP contribution in [0.2, 0.25) is 5.02 Å². The highest BCUT2D eigenvalue weighted by molar-refractivity contribution is 6.31. The molecule has 0 fully saturated rings. The number of hydrogen-bond donors (Lipinski definition) is 0. The molecule has 3 rings (SSSR count). The molecule has 0 atom stereocenters. The third-order valence-corrected chi connectivity index (χ3v) is 4.30. The van der Waals surface area contributed by atoms with Gasteiger partial charge in [0.25, 0.3) is 0 Å². The number of halogens is 1. The predicted octanol–water partition coefficient (Wildman–Crippen LogP) is 3.48. The molecule has 0 aromatic heterocycles. The van der Waals surface area contributed by atoms with E-state index in [1.165, 1.54) is 0 Å². The summed E-state index contributed by atoms with van der Waals surface area (Å²) in [6, 6.07) is 13.3. The summed E-state index contributed by atoms with van der Waals surface area (Å²) in [5, 5.41) is 5.66. The molecule has 0 saturated carbocycles. The first-order valence-electron chi connectivity index (χ1n) is 7.41. The molecule has 0 heterocycles. The summed E-state index contributed by atoms with van der Waals surface area (Å²) in [4.78, 5) is 0. The zero-order valence-electron chi connectivity index (χ0n) is 13.2. The molecule has 0 spiro atoms. The average Bonchev–Trinajstić information content (AvgIpc) is 2.64. The summed E-state index contributed by atoms with van der Waals surface area (Å²) in [6.07, 6.45) is 22.6. The second kappa shape index (κ2) is 6.52. The molecule has 1 heteroatoms. The molecule has 0 radical (unpaired) electrons. The SMILES string of the molecule is C#CC(C#C)=c1c2ccccc2c(=C(C#C)C#C)c2cc(Cl)ccc12. The maximum Gasteiger partial charge on any atom is 0.0823 e. The Morgan fingerprint density at radius 3 is 1.56 bits per heavy atom. The third-order valence-electron chi connectivity index (χ3n) is 4.06. The molecule has 0 aliphatic heterocycles. The van der Waals surface area contributed by atoms with Gasteiger partial charge >= 0.3 is 0 Å². The Labute approximate surface area is 151 Å². The van der Waals surface area contributed by atoms with Crippen LogP contribution in [0, 0.1) is 49.4 Å². The standard InChI is InChI=1S/C24H11Cl/c1-5-16(6-2)23-19-11-9-10-12-20(19)24(17(7-3)8-4)22-15-18(25)13-14-21(22)23/h1-4,9-15H. The van der Waals surface area contributed by atoms with Crippen LogP contribution in [-0.4, -0.2) is 0 Å². The Bertz CT molecular complexity index is 1290. The lowest BCUT2D eigenvalue weighted by Crippen LogP contribution is -2.18. The van der Waals surface area contributed by atoms with E-state index in [4.69, 9.17) is 37.3 Å². The molecule has 3 aromatic rings. The van der Waals surface area contributed by atoms with Crippen LogP contribution in [0.15, 0.2) is 42.5 Å². The van der Waals surface area contributed by atoms with Gasteiger partial charge in [-0.05, 0) is 33.7 Å². The molecule has 0 bridgehead atoms. The van der Waals surface area contributed by atoms with Crippen LogP contribution in [0.25, 0.3) is 32.7 Å². The van der Waals surface area contributed by atoms with Gasteiger partial charge in [0.15, 0.2) is 0 Å². The van der Waals surface area contributed by atoms with E-state index in [1.54, 1.807) is 6.07 Å². The van der Waals surface area contributed by atoms with Gasteiger partial charge < -0.3 is 0 Å². The fraction of sp³-hybridized carbons (Fsp3) is 0. The van der Waals surface area contributed by atoms with Crippen molar-refractivity contribution in [2.75, 3.05) is 0 Å². The summed E-state index contributed by atoms with van der Waals surface area (Å²) >= 11 is 6.23. The van der Waals surface area contributed by atoms with Gasteiger partial charge in [-0.15, -0.1) is 25.7 Å². The molecule has 3 aromatic carbocycles. The van der Waals surface area contributed by atoms with E-state index in [0.717, 1.165) is 32.0 Å². The Morgan fingerprint density at radius 1 is 0.640 bits per heavy atom. The number of hydrogen-bond acceptors (Lipinski definition) is 0. The number of terminal acetylenes is 4. The average molecular weight is 335 g/mol. The Morgan fingerprint density at radius 2 is 1.08 bits per heavy atom. The highest BCUT2D eigenvalue weighted by Crippen LogP contribution is 2.20. The van der Waals surface area contributed by atoms with Crippen LogP contribution < -0.4 is 10.4 Å². The van der Waals surface area contributed by atoms with Crippen LogP contribution in [0.5, 0.6) is 0 Å². The van der Waals surface area contributed by atoms with Crippen molar-refractivity contribution in [2.45, 2.75) is 0 Å². The molecule has 0 nitrogen and oxygen atoms in total. The Hall–Kier alpha value is -3.55. The minimum absolute atomic E-state index is 0.456. The van der Waals surface area contributed by atoms with Gasteiger partial charge in [0.1, 0.15) is 0 Å². The Kier molecular flexibility index (Phi) is 4.25. The molecule has 0 aliphatic rings. The van der Waals surface area contributed by atoms with Crippen molar-refractivity contribution in [1.82, 2.24) is 0 Å². The Balaban J connectivity index is 2.96. The summed E-state index contributed by atoms with van der Waals surface area (Å²) in [5.74, 6) is 10.4. The lowest BCUT2D eigenvalue weighted by Gasteiger charge is -2.09. The zero-order chi connectivity index (χ0) is 18.0. The second-order valence-electron chi connectivity index (χ2n) is 5.31. The predicted molar refractivity (Wildman–Crippen MR) is 108 cm³/mol. The number of fused-ring (bicyclic) bond motifs is 2. The van der Waals surface area contributed by atoms with Crippen LogP contribution in [0.4, 0.5) is 0 Å². The fourth-order valence-corrected chi connectivity index (χ4v) is 3.23. The third kappa shape index (κ3) is 2.53.